The van der Waals surface area contributed by atoms with Crippen molar-refractivity contribution in [2.75, 3.05) is 20.3 Å². The van der Waals surface area contributed by atoms with E-state index in [1.165, 1.54) is 6.07 Å². The Kier molecular flexibility index (Phi) is 4.87. The van der Waals surface area contributed by atoms with Crippen LogP contribution in [0.1, 0.15) is 5.56 Å². The number of methoxy groups -OCH3 is 1. The van der Waals surface area contributed by atoms with E-state index in [0.717, 1.165) is 12.1 Å². The molecule has 1 rings (SSSR count). The third-order valence-corrected chi connectivity index (χ3v) is 2.25. The van der Waals surface area contributed by atoms with Crippen molar-refractivity contribution in [3.05, 3.63) is 34.6 Å². The first-order chi connectivity index (χ1) is 6.75. The van der Waals surface area contributed by atoms with Gasteiger partial charge in [0, 0.05) is 20.2 Å². The van der Waals surface area contributed by atoms with Crippen LogP contribution in [-0.2, 0) is 11.3 Å². The first-order valence-electron chi connectivity index (χ1n) is 4.38. The number of benzene rings is 1. The number of hydrogen-bond acceptors (Lipinski definition) is 2. The van der Waals surface area contributed by atoms with Crippen LogP contribution in [0, 0.1) is 5.82 Å². The van der Waals surface area contributed by atoms with E-state index in [2.05, 4.69) is 5.32 Å². The van der Waals surface area contributed by atoms with Gasteiger partial charge in [0.15, 0.2) is 0 Å². The molecule has 0 bridgehead atoms. The monoisotopic (exact) mass is 217 g/mol. The van der Waals surface area contributed by atoms with E-state index < -0.39 is 0 Å². The second-order valence-electron chi connectivity index (χ2n) is 2.88. The Hall–Kier alpha value is -0.640. The smallest absolute Gasteiger partial charge is 0.142 e. The number of rotatable bonds is 5. The third kappa shape index (κ3) is 3.25. The molecule has 0 aliphatic carbocycles. The Morgan fingerprint density at radius 2 is 2.29 bits per heavy atom. The molecule has 14 heavy (non-hydrogen) atoms. The van der Waals surface area contributed by atoms with E-state index in [1.54, 1.807) is 19.2 Å². The van der Waals surface area contributed by atoms with Gasteiger partial charge in [0.1, 0.15) is 5.82 Å². The van der Waals surface area contributed by atoms with Crippen molar-refractivity contribution < 1.29 is 9.13 Å². The number of ether oxygens (including phenoxy) is 1. The van der Waals surface area contributed by atoms with E-state index >= 15 is 0 Å². The average molecular weight is 218 g/mol. The number of halogens is 2. The van der Waals surface area contributed by atoms with Gasteiger partial charge in [-0.1, -0.05) is 23.7 Å². The van der Waals surface area contributed by atoms with Gasteiger partial charge in [-0.2, -0.15) is 0 Å². The Morgan fingerprint density at radius 3 is 3.00 bits per heavy atom. The fraction of sp³-hybridized carbons (Fsp3) is 0.400. The van der Waals surface area contributed by atoms with Gasteiger partial charge in [-0.15, -0.1) is 0 Å². The third-order valence-electron chi connectivity index (χ3n) is 1.83. The maximum Gasteiger partial charge on any atom is 0.142 e. The fourth-order valence-electron chi connectivity index (χ4n) is 1.08. The lowest BCUT2D eigenvalue weighted by Gasteiger charge is -2.06. The van der Waals surface area contributed by atoms with Gasteiger partial charge in [0.2, 0.25) is 0 Å². The van der Waals surface area contributed by atoms with Gasteiger partial charge in [-0.25, -0.2) is 4.39 Å². The fourth-order valence-corrected chi connectivity index (χ4v) is 1.28. The molecular formula is C10H13ClFNO. The lowest BCUT2D eigenvalue weighted by atomic mass is 10.2. The molecule has 0 heterocycles. The summed E-state index contributed by atoms with van der Waals surface area (Å²) in [7, 11) is 1.64. The predicted octanol–water partition coefficient (Wildman–Crippen LogP) is 2.22. The summed E-state index contributed by atoms with van der Waals surface area (Å²) in [5.74, 6) is -0.377. The van der Waals surface area contributed by atoms with Crippen LogP contribution in [0.4, 0.5) is 4.39 Å². The van der Waals surface area contributed by atoms with E-state index in [1.807, 2.05) is 0 Å². The molecular weight excluding hydrogens is 205 g/mol. The quantitative estimate of drug-likeness (QED) is 0.764. The van der Waals surface area contributed by atoms with Crippen molar-refractivity contribution in [2.24, 2.45) is 0 Å². The van der Waals surface area contributed by atoms with Gasteiger partial charge in [0.25, 0.3) is 0 Å². The minimum absolute atomic E-state index is 0.192. The van der Waals surface area contributed by atoms with Gasteiger partial charge in [0.05, 0.1) is 11.6 Å². The summed E-state index contributed by atoms with van der Waals surface area (Å²) in [6.45, 7) is 1.91. The van der Waals surface area contributed by atoms with E-state index in [4.69, 9.17) is 16.3 Å². The summed E-state index contributed by atoms with van der Waals surface area (Å²) in [6.07, 6.45) is 0. The van der Waals surface area contributed by atoms with Crippen molar-refractivity contribution in [1.29, 1.82) is 0 Å². The largest absolute Gasteiger partial charge is 0.383 e. The molecule has 0 aromatic heterocycles. The first kappa shape index (κ1) is 11.4. The SMILES string of the molecule is COCCNCc1cccc(F)c1Cl. The van der Waals surface area contributed by atoms with Crippen molar-refractivity contribution in [3.8, 4) is 0 Å². The molecule has 0 aliphatic rings. The molecule has 0 unspecified atom stereocenters. The molecule has 4 heteroatoms. The Labute approximate surface area is 88.0 Å². The molecule has 0 spiro atoms. The maximum absolute atomic E-state index is 13.0. The molecule has 0 saturated heterocycles. The second-order valence-corrected chi connectivity index (χ2v) is 3.26. The molecule has 2 nitrogen and oxygen atoms in total. The van der Waals surface area contributed by atoms with Crippen molar-refractivity contribution in [3.63, 3.8) is 0 Å². The van der Waals surface area contributed by atoms with Crippen LogP contribution in [-0.4, -0.2) is 20.3 Å². The van der Waals surface area contributed by atoms with Gasteiger partial charge >= 0.3 is 0 Å². The summed E-state index contributed by atoms with van der Waals surface area (Å²) < 4.78 is 17.8. The molecule has 0 amide bonds. The lowest BCUT2D eigenvalue weighted by molar-refractivity contribution is 0.199. The molecule has 1 aromatic rings. The molecule has 0 saturated carbocycles. The number of nitrogens with one attached hydrogen (secondary N) is 1. The summed E-state index contributed by atoms with van der Waals surface area (Å²) >= 11 is 5.76. The highest BCUT2D eigenvalue weighted by atomic mass is 35.5. The van der Waals surface area contributed by atoms with Gasteiger partial charge in [-0.3, -0.25) is 0 Å². The number of hydrogen-bond donors (Lipinski definition) is 1. The molecule has 0 fully saturated rings. The zero-order valence-corrected chi connectivity index (χ0v) is 8.77. The highest BCUT2D eigenvalue weighted by molar-refractivity contribution is 6.31. The van der Waals surface area contributed by atoms with Crippen LogP contribution in [0.2, 0.25) is 5.02 Å². The molecule has 78 valence electrons. The lowest BCUT2D eigenvalue weighted by Crippen LogP contribution is -2.18. The van der Waals surface area contributed by atoms with Crippen LogP contribution in [0.3, 0.4) is 0 Å². The normalized spacial score (nSPS) is 10.5. The standard InChI is InChI=1S/C10H13ClFNO/c1-14-6-5-13-7-8-3-2-4-9(12)10(8)11/h2-4,13H,5-7H2,1H3. The van der Waals surface area contributed by atoms with Crippen LogP contribution in [0.5, 0.6) is 0 Å². The van der Waals surface area contributed by atoms with Crippen molar-refractivity contribution >= 4 is 11.6 Å². The summed E-state index contributed by atoms with van der Waals surface area (Å²) in [6, 6.07) is 4.79. The van der Waals surface area contributed by atoms with Gasteiger partial charge in [-0.05, 0) is 11.6 Å². The van der Waals surface area contributed by atoms with E-state index in [0.29, 0.717) is 13.2 Å². The van der Waals surface area contributed by atoms with Crippen molar-refractivity contribution in [2.45, 2.75) is 6.54 Å². The van der Waals surface area contributed by atoms with Crippen LogP contribution < -0.4 is 5.32 Å². The van der Waals surface area contributed by atoms with Crippen LogP contribution in [0.15, 0.2) is 18.2 Å². The zero-order valence-electron chi connectivity index (χ0n) is 8.02. The average Bonchev–Trinajstić information content (AvgIpc) is 2.19. The van der Waals surface area contributed by atoms with Crippen molar-refractivity contribution in [1.82, 2.24) is 5.32 Å². The summed E-state index contributed by atoms with van der Waals surface area (Å²) in [5.41, 5.74) is 0.766. The molecule has 0 aliphatic heterocycles. The topological polar surface area (TPSA) is 21.3 Å². The minimum atomic E-state index is -0.377. The molecule has 1 N–H and O–H groups in total. The van der Waals surface area contributed by atoms with Crippen LogP contribution >= 0.6 is 11.6 Å². The first-order valence-corrected chi connectivity index (χ1v) is 4.76. The summed E-state index contributed by atoms with van der Waals surface area (Å²) in [5, 5.41) is 3.29. The molecule has 0 radical (unpaired) electrons. The molecule has 0 atom stereocenters. The highest BCUT2D eigenvalue weighted by Crippen LogP contribution is 2.18. The predicted molar refractivity (Wildman–Crippen MR) is 55.0 cm³/mol. The van der Waals surface area contributed by atoms with E-state index in [9.17, 15) is 4.39 Å². The Balaban J connectivity index is 2.46. The zero-order chi connectivity index (χ0) is 10.4. The van der Waals surface area contributed by atoms with E-state index in [-0.39, 0.29) is 10.8 Å². The Morgan fingerprint density at radius 1 is 1.50 bits per heavy atom. The van der Waals surface area contributed by atoms with Gasteiger partial charge < -0.3 is 10.1 Å². The van der Waals surface area contributed by atoms with Crippen LogP contribution in [0.25, 0.3) is 0 Å². The Bertz CT molecular complexity index is 293. The maximum atomic E-state index is 13.0. The molecule has 1 aromatic carbocycles. The summed E-state index contributed by atoms with van der Waals surface area (Å²) in [4.78, 5) is 0. The second kappa shape index (κ2) is 5.96. The minimum Gasteiger partial charge on any atom is -0.383 e. The highest BCUT2D eigenvalue weighted by Gasteiger charge is 2.04.